The van der Waals surface area contributed by atoms with Gasteiger partial charge in [-0.2, -0.15) is 0 Å². The summed E-state index contributed by atoms with van der Waals surface area (Å²) in [5, 5.41) is 6.89. The van der Waals surface area contributed by atoms with Crippen molar-refractivity contribution < 1.29 is 9.90 Å². The molecule has 0 bridgehead atoms. The number of carbonyl (C=O) groups is 1. The van der Waals surface area contributed by atoms with Gasteiger partial charge >= 0.3 is 0 Å². The van der Waals surface area contributed by atoms with Crippen LogP contribution < -0.4 is 0 Å². The third-order valence-electron chi connectivity index (χ3n) is 1.38. The van der Waals surface area contributed by atoms with Crippen LogP contribution >= 0.6 is 0 Å². The molecular formula is C10H14O2. The Morgan fingerprint density at radius 1 is 1.33 bits per heavy atom. The molecule has 1 aromatic carbocycles. The first-order valence-electron chi connectivity index (χ1n) is 3.97. The van der Waals surface area contributed by atoms with Crippen molar-refractivity contribution in [3.63, 3.8) is 0 Å². The summed E-state index contributed by atoms with van der Waals surface area (Å²) in [6.07, 6.45) is 2.45. The van der Waals surface area contributed by atoms with Crippen molar-refractivity contribution in [2.24, 2.45) is 0 Å². The quantitative estimate of drug-likeness (QED) is 0.685. The summed E-state index contributed by atoms with van der Waals surface area (Å²) in [6, 6.07) is 10.6. The Labute approximate surface area is 72.9 Å². The molecule has 0 aliphatic heterocycles. The predicted molar refractivity (Wildman–Crippen MR) is 49.1 cm³/mol. The lowest BCUT2D eigenvalue weighted by Gasteiger charge is -1.93. The van der Waals surface area contributed by atoms with Crippen molar-refractivity contribution in [2.75, 3.05) is 0 Å². The molecule has 0 atom stereocenters. The van der Waals surface area contributed by atoms with Gasteiger partial charge in [-0.1, -0.05) is 43.7 Å². The third kappa shape index (κ3) is 5.47. The highest BCUT2D eigenvalue weighted by molar-refractivity contribution is 5.32. The molecule has 2 nitrogen and oxygen atoms in total. The molecule has 1 rings (SSSR count). The van der Waals surface area contributed by atoms with E-state index in [4.69, 9.17) is 9.90 Å². The van der Waals surface area contributed by atoms with Crippen molar-refractivity contribution in [3.05, 3.63) is 35.9 Å². The predicted octanol–water partition coefficient (Wildman–Crippen LogP) is 2.34. The van der Waals surface area contributed by atoms with Crippen LogP contribution in [0.5, 0.6) is 0 Å². The molecule has 0 spiro atoms. The van der Waals surface area contributed by atoms with E-state index in [-0.39, 0.29) is 6.47 Å². The molecule has 0 aliphatic carbocycles. The van der Waals surface area contributed by atoms with Crippen LogP contribution in [0.2, 0.25) is 0 Å². The van der Waals surface area contributed by atoms with Crippen LogP contribution in [0, 0.1) is 0 Å². The molecule has 2 heteroatoms. The van der Waals surface area contributed by atoms with Gasteiger partial charge in [0.15, 0.2) is 0 Å². The molecule has 66 valence electrons. The van der Waals surface area contributed by atoms with E-state index in [1.807, 2.05) is 0 Å². The topological polar surface area (TPSA) is 37.3 Å². The number of carboxylic acid groups (broad SMARTS) is 1. The van der Waals surface area contributed by atoms with E-state index in [0.29, 0.717) is 0 Å². The molecule has 12 heavy (non-hydrogen) atoms. The lowest BCUT2D eigenvalue weighted by atomic mass is 10.1. The number of benzene rings is 1. The monoisotopic (exact) mass is 166 g/mol. The van der Waals surface area contributed by atoms with Crippen molar-refractivity contribution >= 4 is 6.47 Å². The number of hydrogen-bond acceptors (Lipinski definition) is 1. The van der Waals surface area contributed by atoms with Gasteiger partial charge in [-0.15, -0.1) is 0 Å². The van der Waals surface area contributed by atoms with Gasteiger partial charge in [-0.25, -0.2) is 0 Å². The minimum absolute atomic E-state index is 0.250. The standard InChI is InChI=1S/C9H12.CH2O2/c1-2-6-9-7-4-3-5-8-9;2-1-3/h3-5,7-8H,2,6H2,1H3;1H,(H,2,3). The Morgan fingerprint density at radius 3 is 2.25 bits per heavy atom. The molecule has 1 aromatic rings. The van der Waals surface area contributed by atoms with E-state index < -0.39 is 0 Å². The summed E-state index contributed by atoms with van der Waals surface area (Å²) >= 11 is 0. The summed E-state index contributed by atoms with van der Waals surface area (Å²) in [5.41, 5.74) is 1.44. The van der Waals surface area contributed by atoms with E-state index in [0.717, 1.165) is 0 Å². The van der Waals surface area contributed by atoms with Crippen molar-refractivity contribution in [2.45, 2.75) is 19.8 Å². The second-order valence-electron chi connectivity index (χ2n) is 2.34. The summed E-state index contributed by atoms with van der Waals surface area (Å²) in [4.78, 5) is 8.36. The second-order valence-corrected chi connectivity index (χ2v) is 2.34. The first-order valence-corrected chi connectivity index (χ1v) is 3.97. The molecule has 0 radical (unpaired) electrons. The van der Waals surface area contributed by atoms with E-state index in [1.165, 1.54) is 18.4 Å². The number of rotatable bonds is 2. The maximum atomic E-state index is 8.36. The molecule has 0 amide bonds. The zero-order valence-electron chi connectivity index (χ0n) is 7.23. The minimum Gasteiger partial charge on any atom is -0.483 e. The Balaban J connectivity index is 0.000000354. The summed E-state index contributed by atoms with van der Waals surface area (Å²) in [7, 11) is 0. The van der Waals surface area contributed by atoms with Crippen LogP contribution in [-0.4, -0.2) is 11.6 Å². The van der Waals surface area contributed by atoms with Gasteiger partial charge in [0.2, 0.25) is 0 Å². The summed E-state index contributed by atoms with van der Waals surface area (Å²) in [5.74, 6) is 0. The van der Waals surface area contributed by atoms with Crippen LogP contribution in [0.25, 0.3) is 0 Å². The fourth-order valence-corrected chi connectivity index (χ4v) is 0.933. The highest BCUT2D eigenvalue weighted by Crippen LogP contribution is 2.00. The largest absolute Gasteiger partial charge is 0.483 e. The van der Waals surface area contributed by atoms with Gasteiger partial charge in [-0.05, 0) is 12.0 Å². The first kappa shape index (κ1) is 10.7. The zero-order chi connectivity index (χ0) is 9.23. The molecule has 0 saturated heterocycles. The lowest BCUT2D eigenvalue weighted by Crippen LogP contribution is -1.78. The van der Waals surface area contributed by atoms with Crippen molar-refractivity contribution in [1.29, 1.82) is 0 Å². The van der Waals surface area contributed by atoms with Gasteiger partial charge in [-0.3, -0.25) is 4.79 Å². The van der Waals surface area contributed by atoms with Crippen molar-refractivity contribution in [3.8, 4) is 0 Å². The molecule has 1 N–H and O–H groups in total. The molecule has 0 heterocycles. The number of hydrogen-bond donors (Lipinski definition) is 1. The van der Waals surface area contributed by atoms with E-state index in [1.54, 1.807) is 0 Å². The Hall–Kier alpha value is -1.31. The van der Waals surface area contributed by atoms with Crippen LogP contribution in [-0.2, 0) is 11.2 Å². The molecule has 0 fully saturated rings. The average molecular weight is 166 g/mol. The Bertz CT molecular complexity index is 194. The lowest BCUT2D eigenvalue weighted by molar-refractivity contribution is -0.122. The molecular weight excluding hydrogens is 152 g/mol. The fourth-order valence-electron chi connectivity index (χ4n) is 0.933. The maximum absolute atomic E-state index is 8.36. The van der Waals surface area contributed by atoms with E-state index in [2.05, 4.69) is 37.3 Å². The summed E-state index contributed by atoms with van der Waals surface area (Å²) < 4.78 is 0. The summed E-state index contributed by atoms with van der Waals surface area (Å²) in [6.45, 7) is 1.95. The molecule has 0 aromatic heterocycles. The second kappa shape index (κ2) is 7.79. The highest BCUT2D eigenvalue weighted by Gasteiger charge is 1.84. The molecule has 0 saturated carbocycles. The first-order chi connectivity index (χ1) is 5.85. The van der Waals surface area contributed by atoms with Crippen LogP contribution in [0.15, 0.2) is 30.3 Å². The molecule has 0 aliphatic rings. The Kier molecular flexibility index (Phi) is 6.94. The SMILES string of the molecule is CCCc1ccccc1.O=CO. The maximum Gasteiger partial charge on any atom is 0.290 e. The third-order valence-corrected chi connectivity index (χ3v) is 1.38. The Morgan fingerprint density at radius 2 is 1.83 bits per heavy atom. The zero-order valence-corrected chi connectivity index (χ0v) is 7.23. The van der Waals surface area contributed by atoms with Crippen LogP contribution in [0.3, 0.4) is 0 Å². The number of aryl methyl sites for hydroxylation is 1. The van der Waals surface area contributed by atoms with Crippen LogP contribution in [0.1, 0.15) is 18.9 Å². The van der Waals surface area contributed by atoms with E-state index in [9.17, 15) is 0 Å². The molecule has 0 unspecified atom stereocenters. The van der Waals surface area contributed by atoms with Gasteiger partial charge in [0.25, 0.3) is 6.47 Å². The fraction of sp³-hybridized carbons (Fsp3) is 0.300. The van der Waals surface area contributed by atoms with Gasteiger partial charge in [0.1, 0.15) is 0 Å². The minimum atomic E-state index is -0.250. The smallest absolute Gasteiger partial charge is 0.290 e. The highest BCUT2D eigenvalue weighted by atomic mass is 16.3. The van der Waals surface area contributed by atoms with Gasteiger partial charge < -0.3 is 5.11 Å². The van der Waals surface area contributed by atoms with Crippen molar-refractivity contribution in [1.82, 2.24) is 0 Å². The van der Waals surface area contributed by atoms with Crippen LogP contribution in [0.4, 0.5) is 0 Å². The normalized spacial score (nSPS) is 8.08. The van der Waals surface area contributed by atoms with Gasteiger partial charge in [0.05, 0.1) is 0 Å². The van der Waals surface area contributed by atoms with Gasteiger partial charge in [0, 0.05) is 0 Å². The average Bonchev–Trinajstić information content (AvgIpc) is 2.08. The van der Waals surface area contributed by atoms with E-state index >= 15 is 0 Å².